The molecule has 0 radical (unpaired) electrons. The average Bonchev–Trinajstić information content (AvgIpc) is 3.07. The molecule has 124 valence electrons. The predicted octanol–water partition coefficient (Wildman–Crippen LogP) is 3.40. The first-order chi connectivity index (χ1) is 11.6. The van der Waals surface area contributed by atoms with Crippen molar-refractivity contribution in [2.24, 2.45) is 5.10 Å². The molecule has 0 N–H and O–H groups in total. The van der Waals surface area contributed by atoms with Crippen molar-refractivity contribution in [3.8, 4) is 11.5 Å². The molecule has 1 aliphatic rings. The van der Waals surface area contributed by atoms with Gasteiger partial charge in [0.25, 0.3) is 0 Å². The van der Waals surface area contributed by atoms with E-state index in [0.29, 0.717) is 17.9 Å². The third kappa shape index (κ3) is 2.97. The van der Waals surface area contributed by atoms with E-state index >= 15 is 0 Å². The molecule has 1 aliphatic heterocycles. The van der Waals surface area contributed by atoms with Crippen LogP contribution >= 0.6 is 0 Å². The molecular weight excluding hydrogens is 304 g/mol. The number of hydrazone groups is 1. The monoisotopic (exact) mass is 324 g/mol. The summed E-state index contributed by atoms with van der Waals surface area (Å²) in [6, 6.07) is 15.5. The van der Waals surface area contributed by atoms with Gasteiger partial charge >= 0.3 is 0 Å². The number of benzene rings is 2. The standard InChI is InChI=1S/C19H20N2O3/c1-13(22)21-17(12-16(20-21)14-7-5-4-6-8-14)15-9-10-18(23-2)19(11-15)24-3/h4-11,17H,12H2,1-3H3/t17-/m1/s1. The molecule has 2 aromatic carbocycles. The van der Waals surface area contributed by atoms with Crippen LogP contribution in [0.4, 0.5) is 0 Å². The number of rotatable bonds is 4. The van der Waals surface area contributed by atoms with Crippen molar-refractivity contribution in [3.63, 3.8) is 0 Å². The molecule has 5 heteroatoms. The third-order valence-electron chi connectivity index (χ3n) is 4.13. The Bertz CT molecular complexity index is 771. The number of hydrogen-bond donors (Lipinski definition) is 0. The Morgan fingerprint density at radius 3 is 2.42 bits per heavy atom. The van der Waals surface area contributed by atoms with E-state index in [9.17, 15) is 4.79 Å². The molecule has 5 nitrogen and oxygen atoms in total. The van der Waals surface area contributed by atoms with Crippen molar-refractivity contribution in [1.29, 1.82) is 0 Å². The summed E-state index contributed by atoms with van der Waals surface area (Å²) in [6.07, 6.45) is 0.666. The topological polar surface area (TPSA) is 51.1 Å². The SMILES string of the molecule is COc1ccc([C@H]2CC(c3ccccc3)=NN2C(C)=O)cc1OC. The number of carbonyl (C=O) groups is 1. The summed E-state index contributed by atoms with van der Waals surface area (Å²) in [4.78, 5) is 12.0. The fourth-order valence-electron chi connectivity index (χ4n) is 2.93. The minimum atomic E-state index is -0.141. The van der Waals surface area contributed by atoms with E-state index in [2.05, 4.69) is 5.10 Å². The second kappa shape index (κ2) is 6.74. The van der Waals surface area contributed by atoms with Crippen LogP contribution in [-0.2, 0) is 4.79 Å². The highest BCUT2D eigenvalue weighted by Gasteiger charge is 2.31. The molecule has 1 atom stereocenters. The Morgan fingerprint density at radius 1 is 1.08 bits per heavy atom. The van der Waals surface area contributed by atoms with Gasteiger partial charge in [-0.2, -0.15) is 5.10 Å². The molecule has 24 heavy (non-hydrogen) atoms. The van der Waals surface area contributed by atoms with Crippen LogP contribution in [0.2, 0.25) is 0 Å². The van der Waals surface area contributed by atoms with Gasteiger partial charge in [0.2, 0.25) is 5.91 Å². The van der Waals surface area contributed by atoms with Crippen LogP contribution in [0.25, 0.3) is 0 Å². The van der Waals surface area contributed by atoms with Crippen LogP contribution in [0.5, 0.6) is 11.5 Å². The zero-order valence-electron chi connectivity index (χ0n) is 14.0. The van der Waals surface area contributed by atoms with Gasteiger partial charge < -0.3 is 9.47 Å². The van der Waals surface area contributed by atoms with Crippen LogP contribution in [-0.4, -0.2) is 30.8 Å². The molecule has 3 rings (SSSR count). The number of nitrogens with zero attached hydrogens (tertiary/aromatic N) is 2. The molecule has 0 bridgehead atoms. The molecular formula is C19H20N2O3. The molecule has 0 aliphatic carbocycles. The lowest BCUT2D eigenvalue weighted by atomic mass is 9.98. The lowest BCUT2D eigenvalue weighted by Gasteiger charge is -2.21. The van der Waals surface area contributed by atoms with Gasteiger partial charge in [-0.05, 0) is 23.3 Å². The molecule has 0 unspecified atom stereocenters. The molecule has 1 amide bonds. The van der Waals surface area contributed by atoms with E-state index in [0.717, 1.165) is 16.8 Å². The van der Waals surface area contributed by atoms with Crippen molar-refractivity contribution >= 4 is 11.6 Å². The Hall–Kier alpha value is -2.82. The summed E-state index contributed by atoms with van der Waals surface area (Å²) >= 11 is 0. The number of amides is 1. The highest BCUT2D eigenvalue weighted by molar-refractivity contribution is 6.03. The van der Waals surface area contributed by atoms with E-state index in [-0.39, 0.29) is 11.9 Å². The first-order valence-electron chi connectivity index (χ1n) is 7.78. The Labute approximate surface area is 141 Å². The van der Waals surface area contributed by atoms with Crippen molar-refractivity contribution in [1.82, 2.24) is 5.01 Å². The summed E-state index contributed by atoms with van der Waals surface area (Å²) in [5.74, 6) is 1.23. The number of ether oxygens (including phenoxy) is 2. The highest BCUT2D eigenvalue weighted by Crippen LogP contribution is 2.37. The minimum Gasteiger partial charge on any atom is -0.493 e. The maximum atomic E-state index is 12.0. The van der Waals surface area contributed by atoms with Crippen molar-refractivity contribution < 1.29 is 14.3 Å². The summed E-state index contributed by atoms with van der Waals surface area (Å²) in [6.45, 7) is 1.53. The average molecular weight is 324 g/mol. The maximum Gasteiger partial charge on any atom is 0.240 e. The summed E-state index contributed by atoms with van der Waals surface area (Å²) in [7, 11) is 3.20. The number of hydrogen-bond acceptors (Lipinski definition) is 4. The predicted molar refractivity (Wildman–Crippen MR) is 92.4 cm³/mol. The van der Waals surface area contributed by atoms with Gasteiger partial charge in [-0.25, -0.2) is 5.01 Å². The van der Waals surface area contributed by atoms with Gasteiger partial charge in [-0.15, -0.1) is 0 Å². The van der Waals surface area contributed by atoms with Gasteiger partial charge in [0.15, 0.2) is 11.5 Å². The zero-order valence-corrected chi connectivity index (χ0v) is 14.0. The fourth-order valence-corrected chi connectivity index (χ4v) is 2.93. The van der Waals surface area contributed by atoms with Gasteiger partial charge in [0.05, 0.1) is 26.0 Å². The summed E-state index contributed by atoms with van der Waals surface area (Å²) < 4.78 is 10.7. The molecule has 0 saturated heterocycles. The van der Waals surface area contributed by atoms with Crippen molar-refractivity contribution in [2.75, 3.05) is 14.2 Å². The maximum absolute atomic E-state index is 12.0. The molecule has 0 spiro atoms. The molecule has 1 heterocycles. The van der Waals surface area contributed by atoms with E-state index in [1.165, 1.54) is 6.92 Å². The first kappa shape index (κ1) is 16.1. The van der Waals surface area contributed by atoms with Crippen LogP contribution < -0.4 is 9.47 Å². The molecule has 2 aromatic rings. The van der Waals surface area contributed by atoms with Crippen molar-refractivity contribution in [3.05, 3.63) is 59.7 Å². The lowest BCUT2D eigenvalue weighted by molar-refractivity contribution is -0.130. The number of methoxy groups -OCH3 is 2. The van der Waals surface area contributed by atoms with E-state index < -0.39 is 0 Å². The summed E-state index contributed by atoms with van der Waals surface area (Å²) in [5, 5.41) is 6.09. The van der Waals surface area contributed by atoms with Crippen LogP contribution in [0, 0.1) is 0 Å². The highest BCUT2D eigenvalue weighted by atomic mass is 16.5. The quantitative estimate of drug-likeness (QED) is 0.866. The second-order valence-corrected chi connectivity index (χ2v) is 5.61. The first-order valence-corrected chi connectivity index (χ1v) is 7.78. The Kier molecular flexibility index (Phi) is 4.51. The van der Waals surface area contributed by atoms with Gasteiger partial charge in [0.1, 0.15) is 0 Å². The third-order valence-corrected chi connectivity index (χ3v) is 4.13. The van der Waals surface area contributed by atoms with Gasteiger partial charge in [-0.1, -0.05) is 36.4 Å². The lowest BCUT2D eigenvalue weighted by Crippen LogP contribution is -2.24. The molecule has 0 aromatic heterocycles. The van der Waals surface area contributed by atoms with E-state index in [1.807, 2.05) is 48.5 Å². The molecule has 0 fully saturated rings. The van der Waals surface area contributed by atoms with Gasteiger partial charge in [-0.3, -0.25) is 4.79 Å². The number of carbonyl (C=O) groups excluding carboxylic acids is 1. The second-order valence-electron chi connectivity index (χ2n) is 5.61. The Balaban J connectivity index is 1.95. The van der Waals surface area contributed by atoms with Gasteiger partial charge in [0, 0.05) is 13.3 Å². The fraction of sp³-hybridized carbons (Fsp3) is 0.263. The Morgan fingerprint density at radius 2 is 1.79 bits per heavy atom. The smallest absolute Gasteiger partial charge is 0.240 e. The van der Waals surface area contributed by atoms with Crippen LogP contribution in [0.3, 0.4) is 0 Å². The minimum absolute atomic E-state index is 0.0827. The normalized spacial score (nSPS) is 16.7. The molecule has 0 saturated carbocycles. The van der Waals surface area contributed by atoms with E-state index in [1.54, 1.807) is 19.2 Å². The van der Waals surface area contributed by atoms with E-state index in [4.69, 9.17) is 9.47 Å². The van der Waals surface area contributed by atoms with Crippen LogP contribution in [0.15, 0.2) is 53.6 Å². The summed E-state index contributed by atoms with van der Waals surface area (Å²) in [5.41, 5.74) is 2.91. The van der Waals surface area contributed by atoms with Crippen molar-refractivity contribution in [2.45, 2.75) is 19.4 Å². The van der Waals surface area contributed by atoms with Crippen LogP contribution in [0.1, 0.15) is 30.5 Å². The zero-order chi connectivity index (χ0) is 17.1. The largest absolute Gasteiger partial charge is 0.493 e.